The Bertz CT molecular complexity index is 1760. The fraction of sp³-hybridized carbons (Fsp3) is 0.385. The molecule has 0 aliphatic rings. The Labute approximate surface area is 360 Å². The van der Waals surface area contributed by atoms with Gasteiger partial charge < -0.3 is 11.5 Å². The van der Waals surface area contributed by atoms with Gasteiger partial charge in [0.1, 0.15) is 0 Å². The van der Waals surface area contributed by atoms with Crippen LogP contribution in [0.25, 0.3) is 24.3 Å². The Morgan fingerprint density at radius 1 is 0.400 bits per heavy atom. The van der Waals surface area contributed by atoms with E-state index in [1.807, 2.05) is 109 Å². The molecule has 8 nitrogen and oxygen atoms in total. The van der Waals surface area contributed by atoms with Crippen molar-refractivity contribution in [2.24, 2.45) is 0 Å². The third-order valence-corrected chi connectivity index (χ3v) is 9.82. The highest BCUT2D eigenvalue weighted by Crippen LogP contribution is 2.17. The molecule has 4 aromatic rings. The van der Waals surface area contributed by atoms with E-state index < -0.39 is 9.85 Å². The fourth-order valence-corrected chi connectivity index (χ4v) is 6.45. The number of hydrogen-bond donors (Lipinski definition) is 2. The molecule has 4 rings (SSSR count). The average molecular weight is 815 g/mol. The van der Waals surface area contributed by atoms with Gasteiger partial charge in [-0.25, -0.2) is 0 Å². The molecule has 0 saturated heterocycles. The molecule has 0 unspecified atom stereocenters. The van der Waals surface area contributed by atoms with E-state index in [0.29, 0.717) is 0 Å². The van der Waals surface area contributed by atoms with E-state index in [2.05, 4.69) is 13.8 Å². The van der Waals surface area contributed by atoms with Crippen LogP contribution in [0.1, 0.15) is 152 Å². The first-order valence-electron chi connectivity index (χ1n) is 22.1. The minimum atomic E-state index is -0.403. The summed E-state index contributed by atoms with van der Waals surface area (Å²) in [4.78, 5) is 20.5. The van der Waals surface area contributed by atoms with Crippen molar-refractivity contribution in [2.45, 2.75) is 129 Å². The SMILES string of the molecule is CCCCCCCCCCCCCCCCCCCC.Nc1cccc(C=CC=Cc2cccc([N+](=O)[O-])c2)c1.Nc1cccc(C=CC=Cc2cccc([N+](=O)[O-])c2)c1. The number of benzene rings is 4. The molecule has 0 aromatic heterocycles. The van der Waals surface area contributed by atoms with E-state index in [1.54, 1.807) is 12.1 Å². The van der Waals surface area contributed by atoms with Crippen LogP contribution in [0.2, 0.25) is 0 Å². The van der Waals surface area contributed by atoms with Gasteiger partial charge in [-0.15, -0.1) is 0 Å². The first-order chi connectivity index (χ1) is 29.2. The molecular formula is C52H70N4O4. The third kappa shape index (κ3) is 25.6. The predicted octanol–water partition coefficient (Wildman–Crippen LogP) is 15.9. The number of allylic oxidation sites excluding steroid dienone is 4. The van der Waals surface area contributed by atoms with Gasteiger partial charge in [0, 0.05) is 35.6 Å². The van der Waals surface area contributed by atoms with E-state index in [9.17, 15) is 20.2 Å². The van der Waals surface area contributed by atoms with Crippen molar-refractivity contribution in [3.63, 3.8) is 0 Å². The van der Waals surface area contributed by atoms with Gasteiger partial charge in [0.25, 0.3) is 11.4 Å². The van der Waals surface area contributed by atoms with Crippen LogP contribution in [0.4, 0.5) is 22.7 Å². The van der Waals surface area contributed by atoms with Crippen LogP contribution < -0.4 is 11.5 Å². The zero-order chi connectivity index (χ0) is 43.5. The van der Waals surface area contributed by atoms with Gasteiger partial charge in [-0.05, 0) is 46.5 Å². The van der Waals surface area contributed by atoms with Gasteiger partial charge in [-0.3, -0.25) is 20.2 Å². The maximum Gasteiger partial charge on any atom is 0.270 e. The van der Waals surface area contributed by atoms with E-state index in [0.717, 1.165) is 33.6 Å². The summed E-state index contributed by atoms with van der Waals surface area (Å²) in [6.07, 6.45) is 41.3. The number of nitrogen functional groups attached to an aromatic ring is 2. The maximum absolute atomic E-state index is 10.7. The highest BCUT2D eigenvalue weighted by Gasteiger charge is 2.04. The van der Waals surface area contributed by atoms with Crippen molar-refractivity contribution < 1.29 is 9.85 Å². The summed E-state index contributed by atoms with van der Waals surface area (Å²) in [5, 5.41) is 21.3. The minimum absolute atomic E-state index is 0.0898. The smallest absolute Gasteiger partial charge is 0.270 e. The second-order valence-electron chi connectivity index (χ2n) is 15.1. The summed E-state index contributed by atoms with van der Waals surface area (Å²) in [5.74, 6) is 0. The molecule has 0 atom stereocenters. The van der Waals surface area contributed by atoms with Crippen LogP contribution in [0.15, 0.2) is 121 Å². The lowest BCUT2D eigenvalue weighted by Crippen LogP contribution is -1.87. The number of unbranched alkanes of at least 4 members (excludes halogenated alkanes) is 17. The van der Waals surface area contributed by atoms with Crippen molar-refractivity contribution in [3.8, 4) is 0 Å². The number of anilines is 2. The van der Waals surface area contributed by atoms with Crippen LogP contribution in [0.3, 0.4) is 0 Å². The van der Waals surface area contributed by atoms with Crippen molar-refractivity contribution in [1.82, 2.24) is 0 Å². The fourth-order valence-electron chi connectivity index (χ4n) is 6.45. The summed E-state index contributed by atoms with van der Waals surface area (Å²) in [6, 6.07) is 28.1. The Balaban J connectivity index is 0.000000310. The Morgan fingerprint density at radius 3 is 0.900 bits per heavy atom. The number of nitro benzene ring substituents is 2. The lowest BCUT2D eigenvalue weighted by atomic mass is 10.0. The van der Waals surface area contributed by atoms with Crippen LogP contribution >= 0.6 is 0 Å². The predicted molar refractivity (Wildman–Crippen MR) is 258 cm³/mol. The molecule has 0 amide bonds. The van der Waals surface area contributed by atoms with Crippen molar-refractivity contribution in [3.05, 3.63) is 164 Å². The quantitative estimate of drug-likeness (QED) is 0.0225. The number of rotatable bonds is 25. The van der Waals surface area contributed by atoms with Crippen molar-refractivity contribution in [2.75, 3.05) is 11.5 Å². The molecule has 0 saturated carbocycles. The Hall–Kier alpha value is -5.76. The Morgan fingerprint density at radius 2 is 0.650 bits per heavy atom. The van der Waals surface area contributed by atoms with Gasteiger partial charge in [0.2, 0.25) is 0 Å². The third-order valence-electron chi connectivity index (χ3n) is 9.82. The van der Waals surface area contributed by atoms with Crippen LogP contribution in [0, 0.1) is 20.2 Å². The number of non-ortho nitro benzene ring substituents is 2. The lowest BCUT2D eigenvalue weighted by Gasteiger charge is -2.03. The molecule has 60 heavy (non-hydrogen) atoms. The van der Waals surface area contributed by atoms with Gasteiger partial charge in [0.15, 0.2) is 0 Å². The van der Waals surface area contributed by atoms with Gasteiger partial charge in [-0.1, -0.05) is 227 Å². The molecule has 0 bridgehead atoms. The summed E-state index contributed by atoms with van der Waals surface area (Å²) >= 11 is 0. The zero-order valence-electron chi connectivity index (χ0n) is 36.3. The van der Waals surface area contributed by atoms with E-state index >= 15 is 0 Å². The molecular weight excluding hydrogens is 745 g/mol. The van der Waals surface area contributed by atoms with Crippen molar-refractivity contribution >= 4 is 47.1 Å². The summed E-state index contributed by atoms with van der Waals surface area (Å²) in [5.41, 5.74) is 16.6. The Kier molecular flexibility index (Phi) is 27.8. The largest absolute Gasteiger partial charge is 0.399 e. The summed E-state index contributed by atoms with van der Waals surface area (Å²) < 4.78 is 0. The van der Waals surface area contributed by atoms with E-state index in [-0.39, 0.29) is 11.4 Å². The first kappa shape index (κ1) is 50.4. The number of nitrogens with two attached hydrogens (primary N) is 2. The number of nitrogens with zero attached hydrogens (tertiary/aromatic N) is 2. The highest BCUT2D eigenvalue weighted by atomic mass is 16.6. The normalized spacial score (nSPS) is 11.2. The van der Waals surface area contributed by atoms with Gasteiger partial charge in [0.05, 0.1) is 9.85 Å². The first-order valence-corrected chi connectivity index (χ1v) is 22.1. The van der Waals surface area contributed by atoms with Gasteiger partial charge >= 0.3 is 0 Å². The summed E-state index contributed by atoms with van der Waals surface area (Å²) in [6.45, 7) is 4.59. The summed E-state index contributed by atoms with van der Waals surface area (Å²) in [7, 11) is 0. The van der Waals surface area contributed by atoms with Crippen LogP contribution in [-0.4, -0.2) is 9.85 Å². The molecule has 8 heteroatoms. The molecule has 4 N–H and O–H groups in total. The second kappa shape index (κ2) is 33.1. The van der Waals surface area contributed by atoms with Crippen LogP contribution in [-0.2, 0) is 0 Å². The van der Waals surface area contributed by atoms with Crippen molar-refractivity contribution in [1.29, 1.82) is 0 Å². The number of hydrogen-bond acceptors (Lipinski definition) is 6. The lowest BCUT2D eigenvalue weighted by molar-refractivity contribution is -0.385. The minimum Gasteiger partial charge on any atom is -0.399 e. The maximum atomic E-state index is 10.7. The monoisotopic (exact) mass is 815 g/mol. The molecule has 0 fully saturated rings. The van der Waals surface area contributed by atoms with Gasteiger partial charge in [-0.2, -0.15) is 0 Å². The molecule has 0 heterocycles. The molecule has 0 aliphatic heterocycles. The molecule has 322 valence electrons. The molecule has 0 aliphatic carbocycles. The second-order valence-corrected chi connectivity index (χ2v) is 15.1. The molecule has 0 spiro atoms. The standard InChI is InChI=1S/C20H42.2C16H14N2O2/c1-3-5-7-9-11-13-15-17-19-20-18-16-14-12-10-8-6-4-2;2*17-15-9-3-7-13(11-15)5-1-2-6-14-8-4-10-16(12-14)18(19)20/h3-20H2,1-2H3;2*1-12H,17H2. The topological polar surface area (TPSA) is 138 Å². The van der Waals surface area contributed by atoms with E-state index in [1.165, 1.54) is 140 Å². The zero-order valence-corrected chi connectivity index (χ0v) is 36.3. The number of nitro groups is 2. The molecule has 0 radical (unpaired) electrons. The van der Waals surface area contributed by atoms with Crippen LogP contribution in [0.5, 0.6) is 0 Å². The molecule has 4 aromatic carbocycles. The van der Waals surface area contributed by atoms with E-state index in [4.69, 9.17) is 11.5 Å². The highest BCUT2D eigenvalue weighted by molar-refractivity contribution is 5.62. The average Bonchev–Trinajstić information content (AvgIpc) is 3.24.